The fourth-order valence-electron chi connectivity index (χ4n) is 3.26. The first kappa shape index (κ1) is 22.4. The molecule has 0 bridgehead atoms. The summed E-state index contributed by atoms with van der Waals surface area (Å²) in [5.74, 6) is -1.21. The second kappa shape index (κ2) is 7.75. The Morgan fingerprint density at radius 3 is 2.37 bits per heavy atom. The van der Waals surface area contributed by atoms with Gasteiger partial charge in [0.05, 0.1) is 35.1 Å². The molecule has 2 aromatic rings. The van der Waals surface area contributed by atoms with Crippen LogP contribution in [-0.2, 0) is 24.8 Å². The Morgan fingerprint density at radius 2 is 1.83 bits per heavy atom. The van der Waals surface area contributed by atoms with E-state index in [1.54, 1.807) is 13.0 Å². The summed E-state index contributed by atoms with van der Waals surface area (Å²) in [5.41, 5.74) is 1.27. The molecule has 1 unspecified atom stereocenters. The molecule has 2 aromatic carbocycles. The number of methoxy groups -OCH3 is 1. The highest BCUT2D eigenvalue weighted by atomic mass is 35.5. The third-order valence-corrected chi connectivity index (χ3v) is 8.57. The first-order valence-electron chi connectivity index (χ1n) is 8.92. The molecule has 0 spiro atoms. The minimum atomic E-state index is -4.03. The fourth-order valence-corrected chi connectivity index (χ4v) is 6.51. The Labute approximate surface area is 180 Å². The van der Waals surface area contributed by atoms with Crippen LogP contribution >= 0.6 is 11.6 Å². The molecule has 1 N–H and O–H groups in total. The van der Waals surface area contributed by atoms with Crippen LogP contribution in [0.25, 0.3) is 0 Å². The van der Waals surface area contributed by atoms with Gasteiger partial charge in [-0.15, -0.1) is 0 Å². The Balaban J connectivity index is 1.99. The largest absolute Gasteiger partial charge is 0.495 e. The monoisotopic (exact) mass is 472 g/mol. The summed E-state index contributed by atoms with van der Waals surface area (Å²) in [7, 11) is -6.41. The lowest BCUT2D eigenvalue weighted by molar-refractivity contribution is -0.119. The number of rotatable bonds is 5. The summed E-state index contributed by atoms with van der Waals surface area (Å²) >= 11 is 6.06. The van der Waals surface area contributed by atoms with Crippen LogP contribution in [0.4, 0.5) is 11.4 Å². The minimum absolute atomic E-state index is 0.0574. The first-order valence-corrected chi connectivity index (χ1v) is 12.4. The van der Waals surface area contributed by atoms with E-state index in [4.69, 9.17) is 16.3 Å². The van der Waals surface area contributed by atoms with Gasteiger partial charge < -0.3 is 4.74 Å². The van der Waals surface area contributed by atoms with Gasteiger partial charge in [0, 0.05) is 11.1 Å². The second-order valence-electron chi connectivity index (χ2n) is 7.14. The molecule has 30 heavy (non-hydrogen) atoms. The van der Waals surface area contributed by atoms with E-state index in [1.165, 1.54) is 45.2 Å². The topological polar surface area (TPSA) is 110 Å². The van der Waals surface area contributed by atoms with Crippen molar-refractivity contribution in [3.8, 4) is 5.75 Å². The second-order valence-corrected chi connectivity index (χ2v) is 11.1. The summed E-state index contributed by atoms with van der Waals surface area (Å²) in [5, 5.41) is 0.432. The van der Waals surface area contributed by atoms with E-state index in [2.05, 4.69) is 4.72 Å². The summed E-state index contributed by atoms with van der Waals surface area (Å²) in [6.45, 7) is 4.80. The van der Waals surface area contributed by atoms with Gasteiger partial charge in [0.15, 0.2) is 0 Å². The summed E-state index contributed by atoms with van der Waals surface area (Å²) in [4.78, 5) is 12.2. The van der Waals surface area contributed by atoms with E-state index >= 15 is 0 Å². The number of amides is 1. The van der Waals surface area contributed by atoms with Crippen molar-refractivity contribution in [2.75, 3.05) is 21.9 Å². The number of carbonyl (C=O) groups is 1. The number of ether oxygens (including phenoxy) is 1. The van der Waals surface area contributed by atoms with Crippen LogP contribution in [0, 0.1) is 19.8 Å². The van der Waals surface area contributed by atoms with Gasteiger partial charge in [-0.05, 0) is 49.2 Å². The van der Waals surface area contributed by atoms with Crippen molar-refractivity contribution in [1.29, 1.82) is 0 Å². The van der Waals surface area contributed by atoms with Gasteiger partial charge in [-0.2, -0.15) is 0 Å². The molecule has 1 amide bonds. The highest BCUT2D eigenvalue weighted by Crippen LogP contribution is 2.34. The van der Waals surface area contributed by atoms with Gasteiger partial charge in [-0.25, -0.2) is 21.1 Å². The van der Waals surface area contributed by atoms with Crippen LogP contribution in [0.15, 0.2) is 35.2 Å². The summed E-state index contributed by atoms with van der Waals surface area (Å²) < 4.78 is 58.9. The summed E-state index contributed by atoms with van der Waals surface area (Å²) in [6, 6.07) is 7.01. The minimum Gasteiger partial charge on any atom is -0.495 e. The number of anilines is 2. The van der Waals surface area contributed by atoms with E-state index in [0.717, 1.165) is 4.31 Å². The van der Waals surface area contributed by atoms with Gasteiger partial charge in [-0.3, -0.25) is 9.52 Å². The van der Waals surface area contributed by atoms with E-state index in [9.17, 15) is 21.6 Å². The molecule has 8 nitrogen and oxygen atoms in total. The lowest BCUT2D eigenvalue weighted by Gasteiger charge is -2.18. The summed E-state index contributed by atoms with van der Waals surface area (Å²) in [6.07, 6.45) is 0. The molecular weight excluding hydrogens is 452 g/mol. The third kappa shape index (κ3) is 3.99. The van der Waals surface area contributed by atoms with E-state index in [-0.39, 0.29) is 33.3 Å². The zero-order valence-electron chi connectivity index (χ0n) is 16.8. The van der Waals surface area contributed by atoms with Crippen LogP contribution < -0.4 is 13.8 Å². The molecule has 0 saturated carbocycles. The van der Waals surface area contributed by atoms with Crippen molar-refractivity contribution in [3.05, 3.63) is 46.5 Å². The molecule has 0 radical (unpaired) electrons. The molecular formula is C19H21ClN2O6S2. The van der Waals surface area contributed by atoms with Crippen LogP contribution in [0.5, 0.6) is 5.75 Å². The SMILES string of the molecule is COc1cc(Cl)c(C)cc1NS(=O)(=O)c1ccc(N2C(=O)C(C)CS2(=O)=O)cc1C. The first-order chi connectivity index (χ1) is 13.9. The highest BCUT2D eigenvalue weighted by molar-refractivity contribution is 7.94. The number of aryl methyl sites for hydroxylation is 2. The Bertz CT molecular complexity index is 1240. The van der Waals surface area contributed by atoms with E-state index < -0.39 is 31.9 Å². The maximum absolute atomic E-state index is 13.0. The van der Waals surface area contributed by atoms with Crippen molar-refractivity contribution in [3.63, 3.8) is 0 Å². The van der Waals surface area contributed by atoms with Gasteiger partial charge in [0.1, 0.15) is 5.75 Å². The molecule has 0 aliphatic carbocycles. The predicted molar refractivity (Wildman–Crippen MR) is 115 cm³/mol. The number of sulfonamides is 2. The van der Waals surface area contributed by atoms with Crippen molar-refractivity contribution >= 4 is 48.9 Å². The lowest BCUT2D eigenvalue weighted by Crippen LogP contribution is -2.30. The zero-order valence-corrected chi connectivity index (χ0v) is 19.2. The standard InChI is InChI=1S/C19H21ClN2O6S2/c1-11-8-16(17(28-4)9-15(11)20)21-30(26,27)18-6-5-14(7-12(18)2)22-19(23)13(3)10-29(22,24)25/h5-9,13,21H,10H2,1-4H3. The van der Waals surface area contributed by atoms with Crippen LogP contribution in [0.3, 0.4) is 0 Å². The maximum Gasteiger partial charge on any atom is 0.262 e. The Kier molecular flexibility index (Phi) is 5.78. The molecule has 1 saturated heterocycles. The molecule has 3 rings (SSSR count). The zero-order chi connectivity index (χ0) is 22.4. The van der Waals surface area contributed by atoms with E-state index in [0.29, 0.717) is 10.6 Å². The quantitative estimate of drug-likeness (QED) is 0.716. The number of nitrogens with one attached hydrogen (secondary N) is 1. The van der Waals surface area contributed by atoms with Crippen LogP contribution in [0.1, 0.15) is 18.1 Å². The van der Waals surface area contributed by atoms with Gasteiger partial charge in [0.25, 0.3) is 10.0 Å². The van der Waals surface area contributed by atoms with Crippen molar-refractivity contribution < 1.29 is 26.4 Å². The van der Waals surface area contributed by atoms with Gasteiger partial charge in [0.2, 0.25) is 15.9 Å². The van der Waals surface area contributed by atoms with Crippen LogP contribution in [0.2, 0.25) is 5.02 Å². The van der Waals surface area contributed by atoms with Crippen LogP contribution in [-0.4, -0.2) is 35.6 Å². The Morgan fingerprint density at radius 1 is 1.17 bits per heavy atom. The van der Waals surface area contributed by atoms with E-state index in [1.807, 2.05) is 0 Å². The molecule has 1 aliphatic rings. The number of carbonyl (C=O) groups excluding carboxylic acids is 1. The number of nitrogens with zero attached hydrogens (tertiary/aromatic N) is 1. The number of halogens is 1. The van der Waals surface area contributed by atoms with Crippen molar-refractivity contribution in [2.45, 2.75) is 25.7 Å². The molecule has 1 atom stereocenters. The fraction of sp³-hybridized carbons (Fsp3) is 0.316. The molecule has 1 heterocycles. The predicted octanol–water partition coefficient (Wildman–Crippen LogP) is 3.08. The van der Waals surface area contributed by atoms with Crippen molar-refractivity contribution in [2.24, 2.45) is 5.92 Å². The molecule has 162 valence electrons. The number of benzene rings is 2. The van der Waals surface area contributed by atoms with Gasteiger partial charge in [-0.1, -0.05) is 18.5 Å². The highest BCUT2D eigenvalue weighted by Gasteiger charge is 2.42. The Hall–Kier alpha value is -2.30. The molecule has 1 fully saturated rings. The lowest BCUT2D eigenvalue weighted by atomic mass is 10.2. The molecule has 1 aliphatic heterocycles. The van der Waals surface area contributed by atoms with Gasteiger partial charge >= 0.3 is 0 Å². The third-order valence-electron chi connectivity index (χ3n) is 4.77. The normalized spacial score (nSPS) is 18.5. The molecule has 11 heteroatoms. The average molecular weight is 473 g/mol. The smallest absolute Gasteiger partial charge is 0.262 e. The van der Waals surface area contributed by atoms with Crippen molar-refractivity contribution in [1.82, 2.24) is 0 Å². The molecule has 0 aromatic heterocycles. The maximum atomic E-state index is 13.0. The number of hydrogen-bond acceptors (Lipinski definition) is 6. The average Bonchev–Trinajstić information content (AvgIpc) is 2.84. The number of hydrogen-bond donors (Lipinski definition) is 1.